The van der Waals surface area contributed by atoms with Crippen molar-refractivity contribution in [1.82, 2.24) is 0 Å². The summed E-state index contributed by atoms with van der Waals surface area (Å²) in [5.74, 6) is 7.86. The van der Waals surface area contributed by atoms with Gasteiger partial charge in [0.15, 0.2) is 5.76 Å². The van der Waals surface area contributed by atoms with Crippen LogP contribution in [0.25, 0.3) is 32.7 Å². The molecule has 0 atom stereocenters. The molecule has 2 aromatic heterocycles. The van der Waals surface area contributed by atoms with Crippen LogP contribution in [-0.2, 0) is 0 Å². The molecule has 0 aliphatic heterocycles. The highest BCUT2D eigenvalue weighted by molar-refractivity contribution is 6.15. The van der Waals surface area contributed by atoms with Gasteiger partial charge >= 0.3 is 0 Å². The lowest BCUT2D eigenvalue weighted by molar-refractivity contribution is 0.578. The summed E-state index contributed by atoms with van der Waals surface area (Å²) in [6.45, 7) is 1.97. The second-order valence-corrected chi connectivity index (χ2v) is 6.13. The average molecular weight is 322 g/mol. The predicted molar refractivity (Wildman–Crippen MR) is 101 cm³/mol. The third-order valence-electron chi connectivity index (χ3n) is 4.42. The smallest absolute Gasteiger partial charge is 0.178 e. The van der Waals surface area contributed by atoms with Crippen LogP contribution in [0.5, 0.6) is 0 Å². The lowest BCUT2D eigenvalue weighted by atomic mass is 10.0. The first-order chi connectivity index (χ1) is 12.3. The molecule has 0 spiro atoms. The minimum absolute atomic E-state index is 0.676. The summed E-state index contributed by atoms with van der Waals surface area (Å²) in [5.41, 5.74) is 2.74. The van der Waals surface area contributed by atoms with E-state index in [9.17, 15) is 0 Å². The van der Waals surface area contributed by atoms with Crippen LogP contribution in [0.15, 0.2) is 75.6 Å². The van der Waals surface area contributed by atoms with E-state index in [4.69, 9.17) is 8.83 Å². The highest BCUT2D eigenvalue weighted by Gasteiger charge is 2.10. The summed E-state index contributed by atoms with van der Waals surface area (Å²) in [4.78, 5) is 0. The fourth-order valence-corrected chi connectivity index (χ4v) is 3.29. The second kappa shape index (κ2) is 5.29. The summed E-state index contributed by atoms with van der Waals surface area (Å²) in [6, 6.07) is 22.2. The molecule has 0 saturated heterocycles. The SMILES string of the molecule is Cc1cc2c(ccc3c4cc(C#Cc5ccccc5)oc4ccc23)o1. The van der Waals surface area contributed by atoms with Gasteiger partial charge in [0.2, 0.25) is 0 Å². The maximum absolute atomic E-state index is 5.92. The molecule has 3 aromatic carbocycles. The van der Waals surface area contributed by atoms with Crippen LogP contribution in [0.2, 0.25) is 0 Å². The molecule has 0 fully saturated rings. The van der Waals surface area contributed by atoms with Gasteiger partial charge < -0.3 is 8.83 Å². The number of fused-ring (bicyclic) bond motifs is 5. The molecular formula is C23H14O2. The van der Waals surface area contributed by atoms with Gasteiger partial charge in [-0.25, -0.2) is 0 Å². The first-order valence-corrected chi connectivity index (χ1v) is 8.20. The molecule has 2 nitrogen and oxygen atoms in total. The van der Waals surface area contributed by atoms with E-state index in [1.807, 2.05) is 55.5 Å². The van der Waals surface area contributed by atoms with E-state index in [2.05, 4.69) is 30.0 Å². The summed E-state index contributed by atoms with van der Waals surface area (Å²) >= 11 is 0. The molecule has 0 aliphatic rings. The summed E-state index contributed by atoms with van der Waals surface area (Å²) < 4.78 is 11.7. The van der Waals surface area contributed by atoms with Crippen molar-refractivity contribution in [1.29, 1.82) is 0 Å². The number of benzene rings is 3. The normalized spacial score (nSPS) is 11.1. The lowest BCUT2D eigenvalue weighted by Gasteiger charge is -1.99. The van der Waals surface area contributed by atoms with Crippen molar-refractivity contribution in [3.63, 3.8) is 0 Å². The Morgan fingerprint density at radius 3 is 2.08 bits per heavy atom. The van der Waals surface area contributed by atoms with Gasteiger partial charge in [0, 0.05) is 22.4 Å². The van der Waals surface area contributed by atoms with Gasteiger partial charge in [0.05, 0.1) is 0 Å². The van der Waals surface area contributed by atoms with Crippen molar-refractivity contribution < 1.29 is 8.83 Å². The second-order valence-electron chi connectivity index (χ2n) is 6.13. The van der Waals surface area contributed by atoms with E-state index in [-0.39, 0.29) is 0 Å². The maximum Gasteiger partial charge on any atom is 0.178 e. The molecule has 0 radical (unpaired) electrons. The topological polar surface area (TPSA) is 26.3 Å². The van der Waals surface area contributed by atoms with Crippen LogP contribution in [0, 0.1) is 18.8 Å². The van der Waals surface area contributed by atoms with Crippen LogP contribution in [0.4, 0.5) is 0 Å². The van der Waals surface area contributed by atoms with E-state index in [1.54, 1.807) is 0 Å². The monoisotopic (exact) mass is 322 g/mol. The van der Waals surface area contributed by atoms with Gasteiger partial charge in [0.1, 0.15) is 16.9 Å². The fraction of sp³-hybridized carbons (Fsp3) is 0.0435. The zero-order valence-corrected chi connectivity index (χ0v) is 13.7. The van der Waals surface area contributed by atoms with Gasteiger partial charge in [-0.05, 0) is 66.1 Å². The minimum atomic E-state index is 0.676. The molecule has 0 saturated carbocycles. The summed E-state index contributed by atoms with van der Waals surface area (Å²) in [6.07, 6.45) is 0. The highest BCUT2D eigenvalue weighted by atomic mass is 16.3. The zero-order chi connectivity index (χ0) is 16.8. The van der Waals surface area contributed by atoms with Crippen LogP contribution in [0.1, 0.15) is 17.1 Å². The predicted octanol–water partition coefficient (Wildman–Crippen LogP) is 6.04. The van der Waals surface area contributed by atoms with Crippen molar-refractivity contribution in [3.8, 4) is 11.8 Å². The Morgan fingerprint density at radius 1 is 0.640 bits per heavy atom. The van der Waals surface area contributed by atoms with E-state index in [1.165, 1.54) is 5.39 Å². The first-order valence-electron chi connectivity index (χ1n) is 8.20. The molecule has 25 heavy (non-hydrogen) atoms. The molecular weight excluding hydrogens is 308 g/mol. The number of furan rings is 2. The molecule has 2 heteroatoms. The van der Waals surface area contributed by atoms with Gasteiger partial charge in [-0.1, -0.05) is 24.1 Å². The Bertz CT molecular complexity index is 1290. The molecule has 5 rings (SSSR count). The zero-order valence-electron chi connectivity index (χ0n) is 13.7. The minimum Gasteiger partial charge on any atom is -0.461 e. The maximum atomic E-state index is 5.92. The van der Waals surface area contributed by atoms with Gasteiger partial charge in [-0.2, -0.15) is 0 Å². The van der Waals surface area contributed by atoms with Gasteiger partial charge in [-0.3, -0.25) is 0 Å². The first kappa shape index (κ1) is 13.9. The lowest BCUT2D eigenvalue weighted by Crippen LogP contribution is -1.74. The molecule has 0 aliphatic carbocycles. The Labute approximate surface area is 144 Å². The quantitative estimate of drug-likeness (QED) is 0.325. The van der Waals surface area contributed by atoms with Crippen molar-refractivity contribution in [2.75, 3.05) is 0 Å². The van der Waals surface area contributed by atoms with E-state index < -0.39 is 0 Å². The van der Waals surface area contributed by atoms with E-state index >= 15 is 0 Å². The molecule has 0 N–H and O–H groups in total. The summed E-state index contributed by atoms with van der Waals surface area (Å²) in [5, 5.41) is 4.54. The Hall–Kier alpha value is -3.44. The number of hydrogen-bond donors (Lipinski definition) is 0. The van der Waals surface area contributed by atoms with Crippen molar-refractivity contribution in [2.45, 2.75) is 6.92 Å². The van der Waals surface area contributed by atoms with Gasteiger partial charge in [0.25, 0.3) is 0 Å². The van der Waals surface area contributed by atoms with Crippen LogP contribution in [-0.4, -0.2) is 0 Å². The standard InChI is InChI=1S/C23H14O2/c1-15-13-20-18-10-12-23-21(19(18)9-11-22(20)24-15)14-17(25-23)8-7-16-5-3-2-4-6-16/h2-6,9-14H,1H3. The van der Waals surface area contributed by atoms with Gasteiger partial charge in [-0.15, -0.1) is 0 Å². The van der Waals surface area contributed by atoms with Crippen LogP contribution in [0.3, 0.4) is 0 Å². The molecule has 0 bridgehead atoms. The number of hydrogen-bond acceptors (Lipinski definition) is 2. The van der Waals surface area contributed by atoms with Crippen LogP contribution >= 0.6 is 0 Å². The number of rotatable bonds is 0. The summed E-state index contributed by atoms with van der Waals surface area (Å²) in [7, 11) is 0. The average Bonchev–Trinajstić information content (AvgIpc) is 3.22. The van der Waals surface area contributed by atoms with E-state index in [0.29, 0.717) is 5.76 Å². The molecule has 0 amide bonds. The molecule has 5 aromatic rings. The van der Waals surface area contributed by atoms with Crippen molar-refractivity contribution in [2.24, 2.45) is 0 Å². The molecule has 0 unspecified atom stereocenters. The van der Waals surface area contributed by atoms with Crippen LogP contribution < -0.4 is 0 Å². The third-order valence-corrected chi connectivity index (χ3v) is 4.42. The Balaban J connectivity index is 1.70. The van der Waals surface area contributed by atoms with Crippen molar-refractivity contribution >= 4 is 32.7 Å². The largest absolute Gasteiger partial charge is 0.461 e. The highest BCUT2D eigenvalue weighted by Crippen LogP contribution is 2.34. The third kappa shape index (κ3) is 2.29. The Kier molecular flexibility index (Phi) is 2.95. The molecule has 2 heterocycles. The number of aryl methyl sites for hydroxylation is 1. The fourth-order valence-electron chi connectivity index (χ4n) is 3.29. The van der Waals surface area contributed by atoms with E-state index in [0.717, 1.165) is 38.6 Å². The molecule has 118 valence electrons. The Morgan fingerprint density at radius 2 is 1.32 bits per heavy atom. The van der Waals surface area contributed by atoms with Crippen molar-refractivity contribution in [3.05, 3.63) is 83.8 Å².